The molecule has 0 amide bonds. The van der Waals surface area contributed by atoms with Gasteiger partial charge in [-0.05, 0) is 49.3 Å². The maximum absolute atomic E-state index is 14.4. The molecule has 0 bridgehead atoms. The molecule has 10 heteroatoms. The lowest BCUT2D eigenvalue weighted by Gasteiger charge is -2.37. The lowest BCUT2D eigenvalue weighted by molar-refractivity contribution is 0.0482. The van der Waals surface area contributed by atoms with Crippen LogP contribution in [0.15, 0.2) is 36.7 Å². The minimum Gasteiger partial charge on any atom is -0.389 e. The normalized spacial score (nSPS) is 19.4. The molecule has 2 fully saturated rings. The summed E-state index contributed by atoms with van der Waals surface area (Å²) in [6.45, 7) is 1.70. The molecule has 0 unspecified atom stereocenters. The molecular formula is C20H20F2N6OS. The van der Waals surface area contributed by atoms with Gasteiger partial charge in [0, 0.05) is 31.4 Å². The fourth-order valence-corrected chi connectivity index (χ4v) is 4.32. The number of halogens is 2. The number of likely N-dealkylation sites (tertiary alicyclic amines) is 1. The van der Waals surface area contributed by atoms with Gasteiger partial charge in [0.2, 0.25) is 0 Å². The Morgan fingerprint density at radius 1 is 1.23 bits per heavy atom. The second-order valence-electron chi connectivity index (χ2n) is 7.62. The molecule has 0 saturated carbocycles. The number of aromatic nitrogens is 3. The van der Waals surface area contributed by atoms with Crippen molar-refractivity contribution in [3.05, 3.63) is 53.9 Å². The first kappa shape index (κ1) is 19.1. The summed E-state index contributed by atoms with van der Waals surface area (Å²) in [6, 6.07) is 5.11. The molecule has 1 aromatic carbocycles. The summed E-state index contributed by atoms with van der Waals surface area (Å²) >= 11 is 5.39. The molecular weight excluding hydrogens is 410 g/mol. The average Bonchev–Trinajstić information content (AvgIpc) is 3.34. The summed E-state index contributed by atoms with van der Waals surface area (Å²) in [6.07, 6.45) is 4.66. The number of hydrogen-bond acceptors (Lipinski definition) is 5. The smallest absolute Gasteiger partial charge is 0.180 e. The number of nitrogens with zero attached hydrogens (tertiary/aromatic N) is 5. The first-order chi connectivity index (χ1) is 14.5. The van der Waals surface area contributed by atoms with Gasteiger partial charge in [-0.1, -0.05) is 0 Å². The van der Waals surface area contributed by atoms with Gasteiger partial charge in [0.05, 0.1) is 18.3 Å². The largest absolute Gasteiger partial charge is 0.389 e. The Morgan fingerprint density at radius 2 is 2.07 bits per heavy atom. The van der Waals surface area contributed by atoms with Crippen LogP contribution >= 0.6 is 12.2 Å². The number of nitrogens with one attached hydrogen (secondary N) is 1. The Bertz CT molecular complexity index is 1120. The lowest BCUT2D eigenvalue weighted by Crippen LogP contribution is -2.54. The molecule has 3 aromatic rings. The predicted octanol–water partition coefficient (Wildman–Crippen LogP) is 2.72. The van der Waals surface area contributed by atoms with Crippen LogP contribution in [0.5, 0.6) is 0 Å². The maximum Gasteiger partial charge on any atom is 0.180 e. The molecule has 2 N–H and O–H groups in total. The molecule has 5 rings (SSSR count). The van der Waals surface area contributed by atoms with Crippen molar-refractivity contribution in [2.24, 2.45) is 0 Å². The topological polar surface area (TPSA) is 68.9 Å². The van der Waals surface area contributed by atoms with Crippen LogP contribution < -0.4 is 10.2 Å². The number of fused-ring (bicyclic) bond motifs is 1. The molecule has 2 saturated heterocycles. The number of hydrogen-bond donors (Lipinski definition) is 2. The van der Waals surface area contributed by atoms with Crippen LogP contribution in [0, 0.1) is 11.6 Å². The predicted molar refractivity (Wildman–Crippen MR) is 112 cm³/mol. The molecule has 2 aromatic heterocycles. The van der Waals surface area contributed by atoms with Crippen LogP contribution in [0.1, 0.15) is 24.4 Å². The van der Waals surface area contributed by atoms with Crippen molar-refractivity contribution in [3.8, 4) is 0 Å². The van der Waals surface area contributed by atoms with Gasteiger partial charge < -0.3 is 20.2 Å². The van der Waals surface area contributed by atoms with E-state index in [0.717, 1.165) is 18.9 Å². The summed E-state index contributed by atoms with van der Waals surface area (Å²) in [5.74, 6) is -0.195. The van der Waals surface area contributed by atoms with Crippen LogP contribution in [0.4, 0.5) is 20.3 Å². The minimum atomic E-state index is -0.450. The summed E-state index contributed by atoms with van der Waals surface area (Å²) in [5.41, 5.74) is 1.58. The van der Waals surface area contributed by atoms with Gasteiger partial charge >= 0.3 is 0 Å². The van der Waals surface area contributed by atoms with E-state index in [1.165, 1.54) is 12.1 Å². The van der Waals surface area contributed by atoms with Crippen molar-refractivity contribution >= 4 is 34.5 Å². The Labute approximate surface area is 176 Å². The van der Waals surface area contributed by atoms with Gasteiger partial charge in [-0.15, -0.1) is 0 Å². The third kappa shape index (κ3) is 3.35. The van der Waals surface area contributed by atoms with E-state index in [4.69, 9.17) is 17.2 Å². The van der Waals surface area contributed by atoms with E-state index in [-0.39, 0.29) is 12.1 Å². The molecule has 30 heavy (non-hydrogen) atoms. The Kier molecular flexibility index (Phi) is 4.75. The molecule has 2 aliphatic heterocycles. The van der Waals surface area contributed by atoms with Gasteiger partial charge in [-0.25, -0.2) is 18.3 Å². The Balaban J connectivity index is 1.44. The van der Waals surface area contributed by atoms with Crippen molar-refractivity contribution in [1.82, 2.24) is 19.5 Å². The number of thiocarbonyl (C=S) groups is 1. The number of benzene rings is 1. The first-order valence-corrected chi connectivity index (χ1v) is 10.2. The van der Waals surface area contributed by atoms with E-state index in [0.29, 0.717) is 47.5 Å². The highest BCUT2D eigenvalue weighted by atomic mass is 32.1. The van der Waals surface area contributed by atoms with E-state index in [1.54, 1.807) is 16.9 Å². The van der Waals surface area contributed by atoms with E-state index < -0.39 is 11.6 Å². The summed E-state index contributed by atoms with van der Waals surface area (Å²) in [4.78, 5) is 8.59. The fraction of sp³-hybridized carbons (Fsp3) is 0.350. The van der Waals surface area contributed by atoms with Crippen molar-refractivity contribution in [2.45, 2.75) is 25.0 Å². The highest BCUT2D eigenvalue weighted by molar-refractivity contribution is 7.80. The molecule has 2 aliphatic rings. The third-order valence-corrected chi connectivity index (χ3v) is 5.97. The molecule has 0 spiro atoms. The van der Waals surface area contributed by atoms with Crippen LogP contribution in [0.2, 0.25) is 0 Å². The summed E-state index contributed by atoms with van der Waals surface area (Å²) in [5, 5.41) is 17.4. The summed E-state index contributed by atoms with van der Waals surface area (Å²) < 4.78 is 29.8. The van der Waals surface area contributed by atoms with Crippen LogP contribution in [0.25, 0.3) is 5.65 Å². The van der Waals surface area contributed by atoms with E-state index in [2.05, 4.69) is 10.4 Å². The molecule has 1 atom stereocenters. The lowest BCUT2D eigenvalue weighted by atomic mass is 10.0. The van der Waals surface area contributed by atoms with E-state index in [9.17, 15) is 13.9 Å². The van der Waals surface area contributed by atoms with Crippen molar-refractivity contribution in [3.63, 3.8) is 0 Å². The zero-order chi connectivity index (χ0) is 20.8. The van der Waals surface area contributed by atoms with E-state index in [1.807, 2.05) is 15.9 Å². The van der Waals surface area contributed by atoms with E-state index >= 15 is 0 Å². The van der Waals surface area contributed by atoms with Gasteiger partial charge in [-0.3, -0.25) is 0 Å². The summed E-state index contributed by atoms with van der Waals surface area (Å²) in [7, 11) is 0. The second-order valence-corrected chi connectivity index (χ2v) is 8.01. The Hall–Kier alpha value is -2.85. The maximum atomic E-state index is 14.4. The fourth-order valence-electron chi connectivity index (χ4n) is 4.06. The minimum absolute atomic E-state index is 0.279. The monoisotopic (exact) mass is 430 g/mol. The van der Waals surface area contributed by atoms with Gasteiger partial charge in [0.15, 0.2) is 10.8 Å². The molecule has 156 valence electrons. The molecule has 0 aliphatic carbocycles. The second kappa shape index (κ2) is 7.44. The highest BCUT2D eigenvalue weighted by Gasteiger charge is 2.30. The van der Waals surface area contributed by atoms with Crippen LogP contribution in [-0.4, -0.2) is 55.5 Å². The quantitative estimate of drug-likeness (QED) is 0.620. The van der Waals surface area contributed by atoms with Gasteiger partial charge in [0.1, 0.15) is 23.1 Å². The van der Waals surface area contributed by atoms with Crippen molar-refractivity contribution in [1.29, 1.82) is 0 Å². The zero-order valence-electron chi connectivity index (χ0n) is 16.0. The molecule has 0 radical (unpaired) electrons. The molecule has 7 nitrogen and oxygen atoms in total. The third-order valence-electron chi connectivity index (χ3n) is 5.61. The van der Waals surface area contributed by atoms with Gasteiger partial charge in [0.25, 0.3) is 0 Å². The first-order valence-electron chi connectivity index (χ1n) is 9.79. The number of β-amino-alcohol motifs (C(OH)–C–C–N with tert-alkyl or cyclic N) is 1. The SMILES string of the molecule is OC1CN(C(=S)Nc2cnn3ccc(N4CCC[C@@H]4c4cc(F)ccc4F)nc23)C1. The van der Waals surface area contributed by atoms with Crippen LogP contribution in [-0.2, 0) is 0 Å². The van der Waals surface area contributed by atoms with Gasteiger partial charge in [-0.2, -0.15) is 5.10 Å². The van der Waals surface area contributed by atoms with Crippen molar-refractivity contribution < 1.29 is 13.9 Å². The number of aliphatic hydroxyl groups is 1. The van der Waals surface area contributed by atoms with Crippen molar-refractivity contribution in [2.75, 3.05) is 29.9 Å². The standard InChI is InChI=1S/C20H20F2N6OS/c21-12-3-4-15(22)14(8-12)17-2-1-6-27(17)18-5-7-28-19(25-18)16(9-23-28)24-20(30)26-10-13(29)11-26/h3-5,7-9,13,17,29H,1-2,6,10-11H2,(H,24,30)/t17-/m1/s1. The molecule has 4 heterocycles. The zero-order valence-corrected chi connectivity index (χ0v) is 16.8. The van der Waals surface area contributed by atoms with Crippen LogP contribution in [0.3, 0.4) is 0 Å². The Morgan fingerprint density at radius 3 is 2.87 bits per heavy atom. The average molecular weight is 430 g/mol. The number of anilines is 2. The number of rotatable bonds is 3. The number of aliphatic hydroxyl groups excluding tert-OH is 1. The highest BCUT2D eigenvalue weighted by Crippen LogP contribution is 2.37.